The van der Waals surface area contributed by atoms with Crippen LogP contribution >= 0.6 is 15.9 Å². The number of halogens is 1. The minimum absolute atomic E-state index is 0.000749. The lowest BCUT2D eigenvalue weighted by Crippen LogP contribution is -2.52. The van der Waals surface area contributed by atoms with E-state index in [9.17, 15) is 18.0 Å². The van der Waals surface area contributed by atoms with E-state index in [1.54, 1.807) is 37.3 Å². The number of methoxy groups -OCH3 is 1. The van der Waals surface area contributed by atoms with E-state index in [0.717, 1.165) is 46.7 Å². The quantitative estimate of drug-likeness (QED) is 0.284. The van der Waals surface area contributed by atoms with Crippen molar-refractivity contribution in [3.8, 4) is 5.75 Å². The number of carbonyl (C=O) groups is 2. The van der Waals surface area contributed by atoms with Gasteiger partial charge in [0.15, 0.2) is 0 Å². The number of benzene rings is 3. The van der Waals surface area contributed by atoms with Crippen LogP contribution in [0.5, 0.6) is 5.75 Å². The molecule has 3 aromatic rings. The Morgan fingerprint density at radius 2 is 1.69 bits per heavy atom. The smallest absolute Gasteiger partial charge is 0.264 e. The van der Waals surface area contributed by atoms with Crippen molar-refractivity contribution in [2.24, 2.45) is 0 Å². The molecule has 0 aliphatic heterocycles. The van der Waals surface area contributed by atoms with Crippen molar-refractivity contribution in [3.05, 3.63) is 87.9 Å². The van der Waals surface area contributed by atoms with Gasteiger partial charge in [-0.3, -0.25) is 13.9 Å². The second-order valence-corrected chi connectivity index (χ2v) is 13.5. The Morgan fingerprint density at radius 3 is 2.31 bits per heavy atom. The third-order valence-electron chi connectivity index (χ3n) is 7.62. The topological polar surface area (TPSA) is 96.0 Å². The Kier molecular flexibility index (Phi) is 10.3. The zero-order valence-corrected chi connectivity index (χ0v) is 26.9. The summed E-state index contributed by atoms with van der Waals surface area (Å²) in [6.07, 6.45) is 3.97. The maximum atomic E-state index is 14.1. The molecule has 0 heterocycles. The van der Waals surface area contributed by atoms with E-state index in [0.29, 0.717) is 15.9 Å². The minimum Gasteiger partial charge on any atom is -0.496 e. The molecule has 42 heavy (non-hydrogen) atoms. The monoisotopic (exact) mass is 655 g/mol. The van der Waals surface area contributed by atoms with E-state index >= 15 is 0 Å². The minimum atomic E-state index is -4.19. The fraction of sp³-hybridized carbons (Fsp3) is 0.375. The van der Waals surface area contributed by atoms with Gasteiger partial charge in [-0.2, -0.15) is 0 Å². The van der Waals surface area contributed by atoms with E-state index in [-0.39, 0.29) is 23.4 Å². The second-order valence-electron chi connectivity index (χ2n) is 10.8. The molecule has 1 fully saturated rings. The number of anilines is 1. The molecule has 1 saturated carbocycles. The van der Waals surface area contributed by atoms with Crippen molar-refractivity contribution in [1.29, 1.82) is 0 Å². The number of sulfonamides is 1. The molecule has 4 rings (SSSR count). The number of nitrogens with one attached hydrogen (secondary N) is 1. The first kappa shape index (κ1) is 31.6. The number of hydrogen-bond acceptors (Lipinski definition) is 5. The molecule has 0 unspecified atom stereocenters. The van der Waals surface area contributed by atoms with Crippen LogP contribution in [0.2, 0.25) is 0 Å². The van der Waals surface area contributed by atoms with Crippen LogP contribution in [0.3, 0.4) is 0 Å². The van der Waals surface area contributed by atoms with Crippen molar-refractivity contribution in [1.82, 2.24) is 10.2 Å². The van der Waals surface area contributed by atoms with Crippen LogP contribution in [0.15, 0.2) is 76.1 Å². The number of hydrogen-bond donors (Lipinski definition) is 1. The van der Waals surface area contributed by atoms with E-state index in [4.69, 9.17) is 4.74 Å². The summed E-state index contributed by atoms with van der Waals surface area (Å²) < 4.78 is 35.0. The average molecular weight is 657 g/mol. The van der Waals surface area contributed by atoms with E-state index in [2.05, 4.69) is 21.2 Å². The Bertz CT molecular complexity index is 1520. The van der Waals surface area contributed by atoms with E-state index in [1.807, 2.05) is 38.1 Å². The van der Waals surface area contributed by atoms with E-state index in [1.165, 1.54) is 24.1 Å². The Labute approximate surface area is 257 Å². The highest BCUT2D eigenvalue weighted by molar-refractivity contribution is 9.10. The molecule has 0 spiro atoms. The molecule has 0 aromatic heterocycles. The summed E-state index contributed by atoms with van der Waals surface area (Å²) in [6, 6.07) is 18.4. The van der Waals surface area contributed by atoms with Gasteiger partial charge in [0.25, 0.3) is 10.0 Å². The molecule has 3 aromatic carbocycles. The molecular formula is C32H38BrN3O5S. The molecule has 1 atom stereocenters. The number of carbonyl (C=O) groups excluding carboxylic acids is 2. The van der Waals surface area contributed by atoms with Crippen LogP contribution in [0, 0.1) is 13.8 Å². The lowest BCUT2D eigenvalue weighted by atomic mass is 10.1. The fourth-order valence-electron chi connectivity index (χ4n) is 5.16. The summed E-state index contributed by atoms with van der Waals surface area (Å²) in [5.41, 5.74) is 3.18. The largest absolute Gasteiger partial charge is 0.496 e. The maximum absolute atomic E-state index is 14.1. The van der Waals surface area contributed by atoms with Gasteiger partial charge in [-0.15, -0.1) is 0 Å². The van der Waals surface area contributed by atoms with Crippen LogP contribution in [0.1, 0.15) is 49.3 Å². The SMILES string of the molecule is COc1ccc(S(=O)(=O)N(CC(=O)N(Cc2cccc(C)c2)[C@@H](C)C(=O)NC2CCCC2)c2ccc(C)cc2)cc1Br. The highest BCUT2D eigenvalue weighted by Crippen LogP contribution is 2.31. The summed E-state index contributed by atoms with van der Waals surface area (Å²) in [5.74, 6) is -0.243. The van der Waals surface area contributed by atoms with Crippen LogP contribution in [0.4, 0.5) is 5.69 Å². The van der Waals surface area contributed by atoms with Crippen LogP contribution in [-0.2, 0) is 26.2 Å². The normalized spacial score (nSPS) is 14.3. The first-order chi connectivity index (χ1) is 20.0. The Balaban J connectivity index is 1.70. The maximum Gasteiger partial charge on any atom is 0.264 e. The van der Waals surface area contributed by atoms with Gasteiger partial charge in [0.1, 0.15) is 18.3 Å². The number of nitrogens with zero attached hydrogens (tertiary/aromatic N) is 2. The zero-order valence-electron chi connectivity index (χ0n) is 24.5. The third-order valence-corrected chi connectivity index (χ3v) is 10.0. The fourth-order valence-corrected chi connectivity index (χ4v) is 7.29. The molecule has 2 amide bonds. The Hall–Kier alpha value is -3.37. The first-order valence-corrected chi connectivity index (χ1v) is 16.3. The van der Waals surface area contributed by atoms with Crippen LogP contribution in [0.25, 0.3) is 0 Å². The van der Waals surface area contributed by atoms with Crippen molar-refractivity contribution in [3.63, 3.8) is 0 Å². The van der Waals surface area contributed by atoms with Gasteiger partial charge in [0, 0.05) is 12.6 Å². The summed E-state index contributed by atoms with van der Waals surface area (Å²) in [7, 11) is -2.69. The van der Waals surface area contributed by atoms with Crippen LogP contribution in [-0.4, -0.2) is 50.9 Å². The van der Waals surface area contributed by atoms with Gasteiger partial charge >= 0.3 is 0 Å². The second kappa shape index (κ2) is 13.7. The molecule has 224 valence electrons. The lowest BCUT2D eigenvalue weighted by molar-refractivity contribution is -0.139. The standard InChI is InChI=1S/C32H38BrN3O5S/c1-22-12-14-27(15-13-22)36(42(39,40)28-16-17-30(41-4)29(33)19-28)21-31(37)35(20-25-9-7-8-23(2)18-25)24(3)32(38)34-26-10-5-6-11-26/h7-9,12-19,24,26H,5-6,10-11,20-21H2,1-4H3,(H,34,38)/t24-/m0/s1. The van der Waals surface area contributed by atoms with Gasteiger partial charge in [0.05, 0.1) is 22.2 Å². The molecule has 1 aliphatic rings. The van der Waals surface area contributed by atoms with Gasteiger partial charge in [-0.05, 0) is 85.4 Å². The number of ether oxygens (including phenoxy) is 1. The van der Waals surface area contributed by atoms with Crippen molar-refractivity contribution in [2.75, 3.05) is 18.0 Å². The zero-order chi connectivity index (χ0) is 30.4. The average Bonchev–Trinajstić information content (AvgIpc) is 3.47. The van der Waals surface area contributed by atoms with E-state index < -0.39 is 28.5 Å². The first-order valence-electron chi connectivity index (χ1n) is 14.1. The third kappa shape index (κ3) is 7.52. The molecule has 0 saturated heterocycles. The van der Waals surface area contributed by atoms with Crippen molar-refractivity contribution < 1.29 is 22.7 Å². The summed E-state index contributed by atoms with van der Waals surface area (Å²) in [6.45, 7) is 5.24. The number of rotatable bonds is 11. The van der Waals surface area contributed by atoms with Gasteiger partial charge in [-0.25, -0.2) is 8.42 Å². The van der Waals surface area contributed by atoms with Crippen LogP contribution < -0.4 is 14.4 Å². The summed E-state index contributed by atoms with van der Waals surface area (Å²) in [5, 5.41) is 3.09. The van der Waals surface area contributed by atoms with Crippen molar-refractivity contribution in [2.45, 2.75) is 70.0 Å². The lowest BCUT2D eigenvalue weighted by Gasteiger charge is -2.32. The number of aryl methyl sites for hydroxylation is 2. The molecule has 0 bridgehead atoms. The van der Waals surface area contributed by atoms with Gasteiger partial charge in [0.2, 0.25) is 11.8 Å². The molecular weight excluding hydrogens is 618 g/mol. The molecule has 0 radical (unpaired) electrons. The van der Waals surface area contributed by atoms with Gasteiger partial charge in [-0.1, -0.05) is 60.4 Å². The predicted molar refractivity (Wildman–Crippen MR) is 168 cm³/mol. The molecule has 8 nitrogen and oxygen atoms in total. The molecule has 10 heteroatoms. The van der Waals surface area contributed by atoms with Crippen molar-refractivity contribution >= 4 is 43.5 Å². The highest BCUT2D eigenvalue weighted by atomic mass is 79.9. The Morgan fingerprint density at radius 1 is 1.00 bits per heavy atom. The number of amides is 2. The summed E-state index contributed by atoms with van der Waals surface area (Å²) >= 11 is 3.37. The summed E-state index contributed by atoms with van der Waals surface area (Å²) in [4.78, 5) is 29.0. The molecule has 1 N–H and O–H groups in total. The predicted octanol–water partition coefficient (Wildman–Crippen LogP) is 5.75. The van der Waals surface area contributed by atoms with Gasteiger partial charge < -0.3 is 15.0 Å². The highest BCUT2D eigenvalue weighted by Gasteiger charge is 2.33. The molecule has 1 aliphatic carbocycles.